The molecule has 0 amide bonds. The van der Waals surface area contributed by atoms with Crippen LogP contribution in [0.2, 0.25) is 0 Å². The molecule has 4 atom stereocenters. The quantitative estimate of drug-likeness (QED) is 0.317. The van der Waals surface area contributed by atoms with Gasteiger partial charge >= 0.3 is 15.6 Å². The predicted molar refractivity (Wildman–Crippen MR) is 115 cm³/mol. The largest absolute Gasteiger partial charge is 0.523 e. The topological polar surface area (TPSA) is 98.8 Å². The van der Waals surface area contributed by atoms with Crippen molar-refractivity contribution in [3.63, 3.8) is 0 Å². The van der Waals surface area contributed by atoms with E-state index in [1.165, 1.54) is 0 Å². The van der Waals surface area contributed by atoms with E-state index < -0.39 is 58.2 Å². The molecule has 2 saturated heterocycles. The molecule has 9 nitrogen and oxygen atoms in total. The van der Waals surface area contributed by atoms with Crippen LogP contribution in [-0.2, 0) is 49.3 Å². The fourth-order valence-corrected chi connectivity index (χ4v) is 4.22. The summed E-state index contributed by atoms with van der Waals surface area (Å²) in [6.45, 7) is 6.41. The molecule has 13 heteroatoms. The second kappa shape index (κ2) is 11.0. The Labute approximate surface area is 202 Å². The Morgan fingerprint density at radius 2 is 1.20 bits per heavy atom. The third-order valence-corrected chi connectivity index (χ3v) is 6.21. The van der Waals surface area contributed by atoms with Gasteiger partial charge in [0.25, 0.3) is 0 Å². The summed E-state index contributed by atoms with van der Waals surface area (Å²) in [5.74, 6) is -2.01. The van der Waals surface area contributed by atoms with Gasteiger partial charge in [-0.05, 0) is 33.3 Å². The Balaban J connectivity index is 1.50. The number of ether oxygens (including phenoxy) is 6. The van der Waals surface area contributed by atoms with Crippen molar-refractivity contribution in [1.82, 2.24) is 0 Å². The van der Waals surface area contributed by atoms with Crippen molar-refractivity contribution in [2.24, 2.45) is 0 Å². The molecule has 1 aromatic carbocycles. The molecule has 2 aliphatic rings. The van der Waals surface area contributed by atoms with E-state index in [2.05, 4.69) is 4.18 Å². The normalized spacial score (nSPS) is 28.4. The van der Waals surface area contributed by atoms with Crippen molar-refractivity contribution in [3.05, 3.63) is 35.9 Å². The molecule has 2 heterocycles. The molecule has 0 spiro atoms. The Bertz CT molecular complexity index is 922. The fraction of sp³-hybridized carbons (Fsp3) is 0.727. The third kappa shape index (κ3) is 8.09. The minimum absolute atomic E-state index is 0.0809. The molecule has 0 saturated carbocycles. The summed E-state index contributed by atoms with van der Waals surface area (Å²) in [6, 6.07) is 9.64. The zero-order valence-electron chi connectivity index (χ0n) is 19.9. The summed E-state index contributed by atoms with van der Waals surface area (Å²) < 4.78 is 98.7. The summed E-state index contributed by atoms with van der Waals surface area (Å²) in [6.07, 6.45) is -2.85. The van der Waals surface area contributed by atoms with Gasteiger partial charge in [0.1, 0.15) is 24.4 Å². The first kappa shape index (κ1) is 28.3. The molecule has 4 unspecified atom stereocenters. The highest BCUT2D eigenvalue weighted by molar-refractivity contribution is 7.87. The number of hydrogen-bond acceptors (Lipinski definition) is 9. The molecule has 35 heavy (non-hydrogen) atoms. The number of rotatable bonds is 11. The van der Waals surface area contributed by atoms with Gasteiger partial charge in [0.2, 0.25) is 0 Å². The molecule has 3 rings (SSSR count). The van der Waals surface area contributed by atoms with E-state index in [9.17, 15) is 21.6 Å². The molecule has 0 bridgehead atoms. The van der Waals surface area contributed by atoms with E-state index in [1.807, 2.05) is 30.3 Å². The van der Waals surface area contributed by atoms with Gasteiger partial charge < -0.3 is 28.4 Å². The van der Waals surface area contributed by atoms with Crippen LogP contribution in [0.15, 0.2) is 30.3 Å². The summed E-state index contributed by atoms with van der Waals surface area (Å²) in [7, 11) is -5.76. The van der Waals surface area contributed by atoms with Crippen LogP contribution in [0, 0.1) is 0 Å². The molecule has 2 fully saturated rings. The van der Waals surface area contributed by atoms with Crippen LogP contribution in [0.3, 0.4) is 0 Å². The van der Waals surface area contributed by atoms with Gasteiger partial charge in [-0.2, -0.15) is 21.6 Å². The average Bonchev–Trinajstić information content (AvgIpc) is 3.20. The Morgan fingerprint density at radius 1 is 0.771 bits per heavy atom. The molecule has 200 valence electrons. The summed E-state index contributed by atoms with van der Waals surface area (Å²) in [5, 5.41) is 0. The van der Waals surface area contributed by atoms with E-state index >= 15 is 0 Å². The van der Waals surface area contributed by atoms with Crippen LogP contribution in [0.5, 0.6) is 0 Å². The molecule has 2 aliphatic heterocycles. The molecular weight excluding hydrogens is 497 g/mol. The maximum atomic E-state index is 12.6. The van der Waals surface area contributed by atoms with E-state index in [-0.39, 0.29) is 19.8 Å². The molecule has 0 aliphatic carbocycles. The van der Waals surface area contributed by atoms with Gasteiger partial charge in [0, 0.05) is 0 Å². The van der Waals surface area contributed by atoms with Crippen LogP contribution in [-0.4, -0.2) is 76.3 Å². The molecule has 0 radical (unpaired) electrons. The molecule has 1 aromatic rings. The number of hydrogen-bond donors (Lipinski definition) is 0. The van der Waals surface area contributed by atoms with Gasteiger partial charge in [-0.1, -0.05) is 30.3 Å². The maximum absolute atomic E-state index is 12.6. The van der Waals surface area contributed by atoms with Gasteiger partial charge in [-0.3, -0.25) is 4.18 Å². The third-order valence-electron chi connectivity index (χ3n) is 5.20. The van der Waals surface area contributed by atoms with Crippen molar-refractivity contribution < 1.29 is 54.2 Å². The standard InChI is InChI=1S/C22H31F3O9S/c1-20(2)31-16(11-28-10-15-8-6-5-7-9-15)17(32-20)12-29-13-18-19(34-21(3,4)33-18)14-30-35(26,27)22(23,24)25/h5-9,16-19H,10-14H2,1-4H3. The van der Waals surface area contributed by atoms with Crippen LogP contribution in [0.4, 0.5) is 13.2 Å². The van der Waals surface area contributed by atoms with Crippen LogP contribution < -0.4 is 0 Å². The first-order valence-corrected chi connectivity index (χ1v) is 12.4. The maximum Gasteiger partial charge on any atom is 0.523 e. The van der Waals surface area contributed by atoms with E-state index in [4.69, 9.17) is 28.4 Å². The second-order valence-electron chi connectivity index (χ2n) is 9.15. The van der Waals surface area contributed by atoms with Crippen molar-refractivity contribution in [3.8, 4) is 0 Å². The number of halogens is 3. The monoisotopic (exact) mass is 528 g/mol. The summed E-state index contributed by atoms with van der Waals surface area (Å²) >= 11 is 0. The predicted octanol–water partition coefficient (Wildman–Crippen LogP) is 3.13. The van der Waals surface area contributed by atoms with Crippen LogP contribution >= 0.6 is 0 Å². The van der Waals surface area contributed by atoms with E-state index in [0.29, 0.717) is 6.61 Å². The van der Waals surface area contributed by atoms with Crippen molar-refractivity contribution in [2.45, 2.75) is 75.8 Å². The molecule has 0 aromatic heterocycles. The number of benzene rings is 1. The first-order valence-electron chi connectivity index (χ1n) is 11.0. The van der Waals surface area contributed by atoms with Gasteiger partial charge in [0.15, 0.2) is 11.6 Å². The van der Waals surface area contributed by atoms with Crippen molar-refractivity contribution in [2.75, 3.05) is 26.4 Å². The smallest absolute Gasteiger partial charge is 0.376 e. The van der Waals surface area contributed by atoms with Crippen LogP contribution in [0.25, 0.3) is 0 Å². The van der Waals surface area contributed by atoms with E-state index in [1.54, 1.807) is 27.7 Å². The fourth-order valence-electron chi connectivity index (χ4n) is 3.77. The Kier molecular flexibility index (Phi) is 8.86. The lowest BCUT2D eigenvalue weighted by Gasteiger charge is -2.20. The highest BCUT2D eigenvalue weighted by atomic mass is 32.2. The van der Waals surface area contributed by atoms with Crippen LogP contribution in [0.1, 0.15) is 33.3 Å². The zero-order chi connectivity index (χ0) is 25.9. The van der Waals surface area contributed by atoms with Crippen molar-refractivity contribution in [1.29, 1.82) is 0 Å². The first-order chi connectivity index (χ1) is 16.2. The molecule has 0 N–H and O–H groups in total. The highest BCUT2D eigenvalue weighted by Crippen LogP contribution is 2.32. The van der Waals surface area contributed by atoms with E-state index in [0.717, 1.165) is 5.56 Å². The minimum Gasteiger partial charge on any atom is -0.376 e. The lowest BCUT2D eigenvalue weighted by Crippen LogP contribution is -2.37. The second-order valence-corrected chi connectivity index (χ2v) is 10.8. The Hall–Kier alpha value is -1.32. The molecular formula is C22H31F3O9S. The Morgan fingerprint density at radius 3 is 1.66 bits per heavy atom. The lowest BCUT2D eigenvalue weighted by molar-refractivity contribution is -0.159. The van der Waals surface area contributed by atoms with Crippen molar-refractivity contribution >= 4 is 10.1 Å². The summed E-state index contributed by atoms with van der Waals surface area (Å²) in [5.41, 5.74) is -4.52. The minimum atomic E-state index is -5.76. The zero-order valence-corrected chi connectivity index (χ0v) is 20.8. The van der Waals surface area contributed by atoms with Gasteiger partial charge in [-0.15, -0.1) is 0 Å². The average molecular weight is 529 g/mol. The van der Waals surface area contributed by atoms with Gasteiger partial charge in [0.05, 0.1) is 33.0 Å². The lowest BCUT2D eigenvalue weighted by atomic mass is 10.2. The SMILES string of the molecule is CC1(C)OC(COCc2ccccc2)C(COCC2OC(C)(C)OC2COS(=O)(=O)C(F)(F)F)O1. The summed E-state index contributed by atoms with van der Waals surface area (Å²) in [4.78, 5) is 0. The number of alkyl halides is 3. The highest BCUT2D eigenvalue weighted by Gasteiger charge is 2.49. The van der Waals surface area contributed by atoms with Gasteiger partial charge in [-0.25, -0.2) is 0 Å².